The Morgan fingerprint density at radius 2 is 2.31 bits per heavy atom. The van der Waals surface area contributed by atoms with Gasteiger partial charge in [-0.2, -0.15) is 5.10 Å². The minimum atomic E-state index is -0.645. The zero-order valence-corrected chi connectivity index (χ0v) is 7.97. The summed E-state index contributed by atoms with van der Waals surface area (Å²) >= 11 is 0. The predicted octanol–water partition coefficient (Wildman–Crippen LogP) is 1.57. The fraction of sp³-hybridized carbons (Fsp3) is 0.625. The molecule has 0 aromatic carbocycles. The molecule has 0 aliphatic rings. The summed E-state index contributed by atoms with van der Waals surface area (Å²) in [5.41, 5.74) is -0.645. The van der Waals surface area contributed by atoms with Crippen molar-refractivity contribution in [3.05, 3.63) is 23.4 Å². The summed E-state index contributed by atoms with van der Waals surface area (Å²) in [6.45, 7) is 3.58. The minimum Gasteiger partial charge on any atom is -0.374 e. The van der Waals surface area contributed by atoms with Gasteiger partial charge in [0.2, 0.25) is 6.17 Å². The molecule has 5 heteroatoms. The van der Waals surface area contributed by atoms with Gasteiger partial charge in [0, 0.05) is 19.5 Å². The second kappa shape index (κ2) is 3.66. The quantitative estimate of drug-likeness (QED) is 0.666. The molecular formula is C8H13N3O2. The average molecular weight is 183 g/mol. The van der Waals surface area contributed by atoms with Crippen LogP contribution in [0.5, 0.6) is 0 Å². The molecule has 1 heterocycles. The first-order valence-electron chi connectivity index (χ1n) is 3.98. The Bertz CT molecular complexity index is 269. The van der Waals surface area contributed by atoms with Crippen LogP contribution >= 0.6 is 0 Å². The van der Waals surface area contributed by atoms with Gasteiger partial charge in [-0.3, -0.25) is 0 Å². The minimum absolute atomic E-state index is 0.632. The highest BCUT2D eigenvalue weighted by atomic mass is 16.5. The number of rotatable bonds is 4. The van der Waals surface area contributed by atoms with Crippen LogP contribution in [0.4, 0.5) is 0 Å². The van der Waals surface area contributed by atoms with Crippen molar-refractivity contribution in [2.45, 2.75) is 25.6 Å². The fourth-order valence-electron chi connectivity index (χ4n) is 1.02. The molecule has 1 rings (SSSR count). The Labute approximate surface area is 76.7 Å². The Morgan fingerprint density at radius 3 is 2.69 bits per heavy atom. The number of ether oxygens (including phenoxy) is 1. The molecule has 13 heavy (non-hydrogen) atoms. The van der Waals surface area contributed by atoms with Gasteiger partial charge in [-0.05, 0) is 25.1 Å². The summed E-state index contributed by atoms with van der Waals surface area (Å²) in [7, 11) is 1.54. The van der Waals surface area contributed by atoms with E-state index in [1.54, 1.807) is 39.4 Å². The number of methoxy groups -OCH3 is 1. The number of nitrogens with zero attached hydrogens (tertiary/aromatic N) is 3. The van der Waals surface area contributed by atoms with Gasteiger partial charge in [-0.1, -0.05) is 0 Å². The highest BCUT2D eigenvalue weighted by Crippen LogP contribution is 2.25. The SMILES string of the molecule is COC(C)(C)C(N=O)n1cccn1. The van der Waals surface area contributed by atoms with E-state index in [1.165, 1.54) is 4.68 Å². The van der Waals surface area contributed by atoms with Crippen LogP contribution in [-0.4, -0.2) is 22.5 Å². The van der Waals surface area contributed by atoms with Crippen molar-refractivity contribution in [1.82, 2.24) is 9.78 Å². The van der Waals surface area contributed by atoms with Gasteiger partial charge in [-0.25, -0.2) is 4.68 Å². The lowest BCUT2D eigenvalue weighted by Crippen LogP contribution is -2.34. The molecule has 0 saturated carbocycles. The highest BCUT2D eigenvalue weighted by Gasteiger charge is 2.32. The van der Waals surface area contributed by atoms with E-state index >= 15 is 0 Å². The van der Waals surface area contributed by atoms with Crippen molar-refractivity contribution in [2.75, 3.05) is 7.11 Å². The summed E-state index contributed by atoms with van der Waals surface area (Å²) < 4.78 is 6.64. The molecule has 0 radical (unpaired) electrons. The van der Waals surface area contributed by atoms with Crippen molar-refractivity contribution >= 4 is 0 Å². The van der Waals surface area contributed by atoms with Crippen molar-refractivity contribution in [3.63, 3.8) is 0 Å². The van der Waals surface area contributed by atoms with E-state index in [0.29, 0.717) is 0 Å². The largest absolute Gasteiger partial charge is 0.374 e. The molecule has 0 aliphatic heterocycles. The zero-order chi connectivity index (χ0) is 9.90. The molecule has 0 amide bonds. The van der Waals surface area contributed by atoms with Crippen molar-refractivity contribution in [2.24, 2.45) is 5.18 Å². The van der Waals surface area contributed by atoms with Gasteiger partial charge < -0.3 is 4.74 Å². The number of nitroso groups, excluding NO2 is 1. The molecule has 1 atom stereocenters. The maximum absolute atomic E-state index is 10.6. The number of hydrogen-bond acceptors (Lipinski definition) is 4. The summed E-state index contributed by atoms with van der Waals surface area (Å²) in [6.07, 6.45) is 2.66. The van der Waals surface area contributed by atoms with Crippen LogP contribution in [0.25, 0.3) is 0 Å². The lowest BCUT2D eigenvalue weighted by molar-refractivity contribution is -0.0238. The predicted molar refractivity (Wildman–Crippen MR) is 48.1 cm³/mol. The van der Waals surface area contributed by atoms with E-state index in [4.69, 9.17) is 4.74 Å². The van der Waals surface area contributed by atoms with E-state index in [9.17, 15) is 4.91 Å². The second-order valence-corrected chi connectivity index (χ2v) is 3.27. The first kappa shape index (κ1) is 9.85. The van der Waals surface area contributed by atoms with Crippen LogP contribution in [0.2, 0.25) is 0 Å². The highest BCUT2D eigenvalue weighted by molar-refractivity contribution is 4.87. The van der Waals surface area contributed by atoms with Gasteiger partial charge >= 0.3 is 0 Å². The molecule has 0 N–H and O–H groups in total. The van der Waals surface area contributed by atoms with E-state index in [0.717, 1.165) is 0 Å². The summed E-state index contributed by atoms with van der Waals surface area (Å²) in [6, 6.07) is 1.74. The lowest BCUT2D eigenvalue weighted by Gasteiger charge is -2.27. The van der Waals surface area contributed by atoms with E-state index in [2.05, 4.69) is 10.3 Å². The third kappa shape index (κ3) is 1.92. The summed E-state index contributed by atoms with van der Waals surface area (Å²) in [5, 5.41) is 6.94. The summed E-state index contributed by atoms with van der Waals surface area (Å²) in [4.78, 5) is 10.6. The van der Waals surface area contributed by atoms with Gasteiger partial charge in [0.1, 0.15) is 5.60 Å². The molecule has 0 fully saturated rings. The molecule has 0 saturated heterocycles. The smallest absolute Gasteiger partial charge is 0.211 e. The molecule has 72 valence electrons. The monoisotopic (exact) mass is 183 g/mol. The van der Waals surface area contributed by atoms with E-state index < -0.39 is 11.8 Å². The fourth-order valence-corrected chi connectivity index (χ4v) is 1.02. The third-order valence-corrected chi connectivity index (χ3v) is 2.02. The normalized spacial score (nSPS) is 14.1. The standard InChI is InChI=1S/C8H13N3O2/c1-8(2,13-3)7(10-12)11-6-4-5-9-11/h4-7H,1-3H3. The maximum Gasteiger partial charge on any atom is 0.211 e. The van der Waals surface area contributed by atoms with E-state index in [1.807, 2.05) is 0 Å². The van der Waals surface area contributed by atoms with Crippen LogP contribution in [0, 0.1) is 4.91 Å². The zero-order valence-electron chi connectivity index (χ0n) is 7.97. The molecule has 1 aromatic rings. The van der Waals surface area contributed by atoms with Gasteiger partial charge in [0.25, 0.3) is 0 Å². The first-order valence-corrected chi connectivity index (χ1v) is 3.98. The Balaban J connectivity index is 2.92. The van der Waals surface area contributed by atoms with Crippen LogP contribution in [0.1, 0.15) is 20.0 Å². The number of hydrogen-bond donors (Lipinski definition) is 0. The molecule has 5 nitrogen and oxygen atoms in total. The molecule has 0 aliphatic carbocycles. The molecular weight excluding hydrogens is 170 g/mol. The number of aromatic nitrogens is 2. The second-order valence-electron chi connectivity index (χ2n) is 3.27. The van der Waals surface area contributed by atoms with Crippen LogP contribution < -0.4 is 0 Å². The topological polar surface area (TPSA) is 56.5 Å². The van der Waals surface area contributed by atoms with Crippen molar-refractivity contribution in [1.29, 1.82) is 0 Å². The Kier molecular flexibility index (Phi) is 2.77. The molecule has 0 spiro atoms. The van der Waals surface area contributed by atoms with Crippen molar-refractivity contribution in [3.8, 4) is 0 Å². The first-order chi connectivity index (χ1) is 6.11. The Hall–Kier alpha value is -1.23. The summed E-state index contributed by atoms with van der Waals surface area (Å²) in [5.74, 6) is 0. The maximum atomic E-state index is 10.6. The van der Waals surface area contributed by atoms with Crippen LogP contribution in [-0.2, 0) is 4.74 Å². The Morgan fingerprint density at radius 1 is 1.62 bits per heavy atom. The van der Waals surface area contributed by atoms with Gasteiger partial charge in [0.15, 0.2) is 0 Å². The average Bonchev–Trinajstić information content (AvgIpc) is 2.58. The molecule has 1 unspecified atom stereocenters. The van der Waals surface area contributed by atoms with Gasteiger partial charge in [-0.15, -0.1) is 4.91 Å². The lowest BCUT2D eigenvalue weighted by atomic mass is 10.1. The van der Waals surface area contributed by atoms with Crippen LogP contribution in [0.15, 0.2) is 23.6 Å². The molecule has 1 aromatic heterocycles. The van der Waals surface area contributed by atoms with Crippen molar-refractivity contribution < 1.29 is 4.74 Å². The van der Waals surface area contributed by atoms with Crippen LogP contribution in [0.3, 0.4) is 0 Å². The molecule has 0 bridgehead atoms. The third-order valence-electron chi connectivity index (χ3n) is 2.02. The van der Waals surface area contributed by atoms with Gasteiger partial charge in [0.05, 0.1) is 0 Å². The van der Waals surface area contributed by atoms with E-state index in [-0.39, 0.29) is 0 Å².